The zero-order valence-electron chi connectivity index (χ0n) is 15.8. The minimum Gasteiger partial charge on any atom is -0.489 e. The van der Waals surface area contributed by atoms with E-state index in [1.54, 1.807) is 24.3 Å². The van der Waals surface area contributed by atoms with Crippen molar-refractivity contribution >= 4 is 5.69 Å². The van der Waals surface area contributed by atoms with Gasteiger partial charge in [0.05, 0.1) is 12.3 Å². The Morgan fingerprint density at radius 1 is 0.833 bits per heavy atom. The van der Waals surface area contributed by atoms with Gasteiger partial charge in [-0.25, -0.2) is 0 Å². The number of anilines is 1. The lowest BCUT2D eigenvalue weighted by atomic mass is 9.97. The molecule has 30 heavy (non-hydrogen) atoms. The lowest BCUT2D eigenvalue weighted by Gasteiger charge is -2.45. The number of rotatable bonds is 6. The largest absolute Gasteiger partial charge is 0.489 e. The van der Waals surface area contributed by atoms with E-state index in [2.05, 4.69) is 0 Å². The van der Waals surface area contributed by atoms with Crippen LogP contribution in [0.1, 0.15) is 0 Å². The van der Waals surface area contributed by atoms with E-state index >= 15 is 0 Å². The van der Waals surface area contributed by atoms with Crippen molar-refractivity contribution in [2.45, 2.75) is 61.4 Å². The standard InChI is InChI=1S/C18H27NO11/c19-7-3-1-2-4-8(7)27-6-10-11(21)12(22)15(25)18(29-10)30-16-9(5-20)28-17(26)14(24)13(16)23/h1-4,9-18,20-26H,5-6,19H2/t9-,10-,11+,12+,13-,14-,15-,16-,17+,18+/m1/s1. The van der Waals surface area contributed by atoms with Crippen LogP contribution in [0.3, 0.4) is 0 Å². The van der Waals surface area contributed by atoms with Gasteiger partial charge in [0.25, 0.3) is 0 Å². The van der Waals surface area contributed by atoms with Crippen LogP contribution in [0.4, 0.5) is 5.69 Å². The van der Waals surface area contributed by atoms with E-state index in [1.807, 2.05) is 0 Å². The summed E-state index contributed by atoms with van der Waals surface area (Å²) in [6.07, 6.45) is -15.5. The first-order valence-electron chi connectivity index (χ1n) is 9.37. The molecule has 12 nitrogen and oxygen atoms in total. The van der Waals surface area contributed by atoms with Gasteiger partial charge in [-0.1, -0.05) is 12.1 Å². The lowest BCUT2D eigenvalue weighted by molar-refractivity contribution is -0.354. The highest BCUT2D eigenvalue weighted by Crippen LogP contribution is 2.29. The molecule has 0 saturated carbocycles. The summed E-state index contributed by atoms with van der Waals surface area (Å²) in [4.78, 5) is 0. The van der Waals surface area contributed by atoms with Crippen molar-refractivity contribution in [3.63, 3.8) is 0 Å². The number of aliphatic hydroxyl groups is 7. The van der Waals surface area contributed by atoms with Gasteiger partial charge in [-0.3, -0.25) is 0 Å². The fourth-order valence-corrected chi connectivity index (χ4v) is 3.34. The minimum absolute atomic E-state index is 0.256. The monoisotopic (exact) mass is 433 g/mol. The molecule has 0 radical (unpaired) electrons. The third-order valence-corrected chi connectivity index (χ3v) is 5.12. The Morgan fingerprint density at radius 3 is 2.20 bits per heavy atom. The maximum Gasteiger partial charge on any atom is 0.187 e. The number of nitrogen functional groups attached to an aromatic ring is 1. The summed E-state index contributed by atoms with van der Waals surface area (Å²) in [5, 5.41) is 69.6. The maximum absolute atomic E-state index is 10.2. The topological polar surface area (TPSA) is 205 Å². The SMILES string of the molecule is Nc1ccccc1OC[C@H]1O[C@@H](O[C@H]2[C@H](O)[C@@H](O)[C@@H](O)O[C@@H]2CO)[C@H](O)[C@@H](O)[C@H]1O. The first-order chi connectivity index (χ1) is 14.2. The summed E-state index contributed by atoms with van der Waals surface area (Å²) < 4.78 is 21.5. The van der Waals surface area contributed by atoms with E-state index < -0.39 is 68.0 Å². The van der Waals surface area contributed by atoms with Gasteiger partial charge in [0, 0.05) is 0 Å². The Labute approximate surface area is 171 Å². The molecule has 0 aromatic heterocycles. The van der Waals surface area contributed by atoms with E-state index in [-0.39, 0.29) is 6.61 Å². The van der Waals surface area contributed by atoms with Crippen LogP contribution in [0.15, 0.2) is 24.3 Å². The van der Waals surface area contributed by atoms with Gasteiger partial charge >= 0.3 is 0 Å². The fraction of sp³-hybridized carbons (Fsp3) is 0.667. The van der Waals surface area contributed by atoms with Crippen molar-refractivity contribution in [1.29, 1.82) is 0 Å². The number of nitrogens with two attached hydrogens (primary N) is 1. The zero-order valence-corrected chi connectivity index (χ0v) is 15.8. The highest BCUT2D eigenvalue weighted by atomic mass is 16.7. The molecule has 12 heteroatoms. The third kappa shape index (κ3) is 4.68. The molecule has 2 aliphatic rings. The van der Waals surface area contributed by atoms with E-state index in [1.165, 1.54) is 0 Å². The molecule has 2 fully saturated rings. The second kappa shape index (κ2) is 9.70. The number of aliphatic hydroxyl groups excluding tert-OH is 7. The molecule has 0 bridgehead atoms. The van der Waals surface area contributed by atoms with Crippen molar-refractivity contribution in [1.82, 2.24) is 0 Å². The number of benzene rings is 1. The van der Waals surface area contributed by atoms with Crippen LogP contribution < -0.4 is 10.5 Å². The second-order valence-corrected chi connectivity index (χ2v) is 7.19. The third-order valence-electron chi connectivity index (χ3n) is 5.12. The van der Waals surface area contributed by atoms with Crippen molar-refractivity contribution in [3.05, 3.63) is 24.3 Å². The Morgan fingerprint density at radius 2 is 1.53 bits per heavy atom. The van der Waals surface area contributed by atoms with Gasteiger partial charge in [0.15, 0.2) is 12.6 Å². The molecule has 2 saturated heterocycles. The minimum atomic E-state index is -1.75. The Hall–Kier alpha value is -1.58. The molecular weight excluding hydrogens is 406 g/mol. The van der Waals surface area contributed by atoms with Crippen LogP contribution in [0, 0.1) is 0 Å². The number of ether oxygens (including phenoxy) is 4. The maximum atomic E-state index is 10.2. The lowest BCUT2D eigenvalue weighted by Crippen LogP contribution is -2.64. The van der Waals surface area contributed by atoms with E-state index in [9.17, 15) is 35.7 Å². The summed E-state index contributed by atoms with van der Waals surface area (Å²) in [6.45, 7) is -0.938. The summed E-state index contributed by atoms with van der Waals surface area (Å²) >= 11 is 0. The molecule has 10 atom stereocenters. The molecule has 0 amide bonds. The number of hydrogen-bond donors (Lipinski definition) is 8. The van der Waals surface area contributed by atoms with Crippen LogP contribution in [-0.4, -0.2) is 110 Å². The summed E-state index contributed by atoms with van der Waals surface area (Å²) in [5.74, 6) is 0.319. The van der Waals surface area contributed by atoms with Crippen molar-refractivity contribution < 1.29 is 54.7 Å². The average molecular weight is 433 g/mol. The van der Waals surface area contributed by atoms with Gasteiger partial charge < -0.3 is 60.4 Å². The molecule has 3 rings (SSSR count). The second-order valence-electron chi connectivity index (χ2n) is 7.19. The fourth-order valence-electron chi connectivity index (χ4n) is 3.34. The van der Waals surface area contributed by atoms with Gasteiger partial charge in [0.2, 0.25) is 0 Å². The van der Waals surface area contributed by atoms with Gasteiger partial charge in [-0.15, -0.1) is 0 Å². The van der Waals surface area contributed by atoms with E-state index in [4.69, 9.17) is 24.7 Å². The van der Waals surface area contributed by atoms with Crippen LogP contribution in [0.25, 0.3) is 0 Å². The average Bonchev–Trinajstić information content (AvgIpc) is 2.74. The predicted molar refractivity (Wildman–Crippen MR) is 97.9 cm³/mol. The van der Waals surface area contributed by atoms with Crippen LogP contribution in [-0.2, 0) is 14.2 Å². The van der Waals surface area contributed by atoms with Gasteiger partial charge in [0.1, 0.15) is 61.2 Å². The molecule has 170 valence electrons. The first kappa shape index (κ1) is 23.1. The molecule has 2 heterocycles. The molecular formula is C18H27NO11. The van der Waals surface area contributed by atoms with Crippen molar-refractivity contribution in [2.75, 3.05) is 18.9 Å². The molecule has 1 aromatic rings. The molecule has 0 unspecified atom stereocenters. The van der Waals surface area contributed by atoms with Gasteiger partial charge in [-0.05, 0) is 12.1 Å². The zero-order chi connectivity index (χ0) is 22.0. The van der Waals surface area contributed by atoms with Gasteiger partial charge in [-0.2, -0.15) is 0 Å². The summed E-state index contributed by atoms with van der Waals surface area (Å²) in [7, 11) is 0. The number of hydrogen-bond acceptors (Lipinski definition) is 12. The Bertz CT molecular complexity index is 692. The highest BCUT2D eigenvalue weighted by Gasteiger charge is 2.50. The van der Waals surface area contributed by atoms with Crippen LogP contribution in [0.5, 0.6) is 5.75 Å². The van der Waals surface area contributed by atoms with Crippen molar-refractivity contribution in [2.24, 2.45) is 0 Å². The molecule has 0 aliphatic carbocycles. The number of para-hydroxylation sites is 2. The van der Waals surface area contributed by atoms with Crippen LogP contribution >= 0.6 is 0 Å². The Kier molecular flexibility index (Phi) is 7.47. The molecule has 0 spiro atoms. The smallest absolute Gasteiger partial charge is 0.187 e. The van der Waals surface area contributed by atoms with Crippen molar-refractivity contribution in [3.8, 4) is 5.75 Å². The molecule has 1 aromatic carbocycles. The molecule has 9 N–H and O–H groups in total. The van der Waals surface area contributed by atoms with E-state index in [0.717, 1.165) is 0 Å². The Balaban J connectivity index is 1.70. The van der Waals surface area contributed by atoms with Crippen LogP contribution in [0.2, 0.25) is 0 Å². The highest BCUT2D eigenvalue weighted by molar-refractivity contribution is 5.51. The first-order valence-corrected chi connectivity index (χ1v) is 9.37. The quantitative estimate of drug-likeness (QED) is 0.204. The normalized spacial score (nSPS) is 42.1. The summed E-state index contributed by atoms with van der Waals surface area (Å²) in [5.41, 5.74) is 6.13. The summed E-state index contributed by atoms with van der Waals surface area (Å²) in [6, 6.07) is 6.60. The molecule has 2 aliphatic heterocycles. The van der Waals surface area contributed by atoms with E-state index in [0.29, 0.717) is 11.4 Å². The predicted octanol–water partition coefficient (Wildman–Crippen LogP) is -3.73.